The Labute approximate surface area is 118 Å². The molecule has 104 valence electrons. The van der Waals surface area contributed by atoms with Gasteiger partial charge in [-0.1, -0.05) is 17.7 Å². The molecule has 5 heteroatoms. The van der Waals surface area contributed by atoms with E-state index in [1.807, 2.05) is 12.1 Å². The molecule has 1 aliphatic heterocycles. The van der Waals surface area contributed by atoms with Crippen LogP contribution in [0.3, 0.4) is 0 Å². The third-order valence-corrected chi connectivity index (χ3v) is 3.75. The predicted octanol–water partition coefficient (Wildman–Crippen LogP) is 1.95. The average Bonchev–Trinajstić information content (AvgIpc) is 2.39. The summed E-state index contributed by atoms with van der Waals surface area (Å²) in [5, 5.41) is 3.49. The van der Waals surface area contributed by atoms with Gasteiger partial charge in [0.1, 0.15) is 0 Å². The van der Waals surface area contributed by atoms with E-state index < -0.39 is 0 Å². The molecule has 1 amide bonds. The summed E-state index contributed by atoms with van der Waals surface area (Å²) < 4.78 is 0. The van der Waals surface area contributed by atoms with Gasteiger partial charge < -0.3 is 11.1 Å². The Morgan fingerprint density at radius 1 is 1.42 bits per heavy atom. The Morgan fingerprint density at radius 2 is 2.16 bits per heavy atom. The number of likely N-dealkylation sites (tertiary alicyclic amines) is 1. The third-order valence-electron chi connectivity index (χ3n) is 3.52. The minimum Gasteiger partial charge on any atom is -0.330 e. The Bertz CT molecular complexity index is 430. The number of hydrogen-bond acceptors (Lipinski definition) is 3. The molecule has 2 rings (SSSR count). The van der Waals surface area contributed by atoms with Crippen molar-refractivity contribution in [3.8, 4) is 0 Å². The SMILES string of the molecule is NCC1CCN(CC(=O)Nc2cccc(Cl)c2)CC1. The van der Waals surface area contributed by atoms with Crippen molar-refractivity contribution in [3.63, 3.8) is 0 Å². The highest BCUT2D eigenvalue weighted by atomic mass is 35.5. The van der Waals surface area contributed by atoms with Gasteiger partial charge in [0.25, 0.3) is 0 Å². The number of carbonyl (C=O) groups is 1. The van der Waals surface area contributed by atoms with E-state index in [1.54, 1.807) is 12.1 Å². The fourth-order valence-corrected chi connectivity index (χ4v) is 2.54. The lowest BCUT2D eigenvalue weighted by molar-refractivity contribution is -0.117. The predicted molar refractivity (Wildman–Crippen MR) is 78.3 cm³/mol. The molecule has 0 aliphatic carbocycles. The molecule has 1 aromatic carbocycles. The lowest BCUT2D eigenvalue weighted by atomic mass is 9.97. The van der Waals surface area contributed by atoms with E-state index in [9.17, 15) is 4.79 Å². The molecule has 1 heterocycles. The second-order valence-corrected chi connectivity index (χ2v) is 5.45. The maximum absolute atomic E-state index is 11.9. The summed E-state index contributed by atoms with van der Waals surface area (Å²) in [6.07, 6.45) is 2.17. The first-order valence-corrected chi connectivity index (χ1v) is 7.03. The van der Waals surface area contributed by atoms with E-state index in [0.717, 1.165) is 38.2 Å². The Kier molecular flexibility index (Phi) is 5.19. The molecule has 0 unspecified atom stereocenters. The molecule has 0 saturated carbocycles. The number of halogens is 1. The van der Waals surface area contributed by atoms with Gasteiger partial charge in [-0.15, -0.1) is 0 Å². The average molecular weight is 282 g/mol. The molecule has 1 fully saturated rings. The number of nitrogens with one attached hydrogen (secondary N) is 1. The van der Waals surface area contributed by atoms with Crippen molar-refractivity contribution in [2.75, 3.05) is 31.5 Å². The molecule has 19 heavy (non-hydrogen) atoms. The van der Waals surface area contributed by atoms with Crippen LogP contribution in [0.25, 0.3) is 0 Å². The van der Waals surface area contributed by atoms with Crippen LogP contribution in [0.2, 0.25) is 5.02 Å². The molecule has 0 radical (unpaired) electrons. The van der Waals surface area contributed by atoms with E-state index in [-0.39, 0.29) is 5.91 Å². The Morgan fingerprint density at radius 3 is 2.79 bits per heavy atom. The first-order chi connectivity index (χ1) is 9.17. The second kappa shape index (κ2) is 6.89. The summed E-state index contributed by atoms with van der Waals surface area (Å²) >= 11 is 5.88. The molecule has 1 saturated heterocycles. The lowest BCUT2D eigenvalue weighted by Crippen LogP contribution is -2.40. The molecule has 4 nitrogen and oxygen atoms in total. The summed E-state index contributed by atoms with van der Waals surface area (Å²) in [6, 6.07) is 7.20. The second-order valence-electron chi connectivity index (χ2n) is 5.01. The molecule has 0 atom stereocenters. The van der Waals surface area contributed by atoms with E-state index >= 15 is 0 Å². The number of hydrogen-bond donors (Lipinski definition) is 2. The van der Waals surface area contributed by atoms with Gasteiger partial charge >= 0.3 is 0 Å². The van der Waals surface area contributed by atoms with Crippen LogP contribution in [0, 0.1) is 5.92 Å². The van der Waals surface area contributed by atoms with Crippen molar-refractivity contribution >= 4 is 23.2 Å². The molecule has 3 N–H and O–H groups in total. The zero-order valence-electron chi connectivity index (χ0n) is 10.9. The smallest absolute Gasteiger partial charge is 0.238 e. The quantitative estimate of drug-likeness (QED) is 0.887. The van der Waals surface area contributed by atoms with Crippen molar-refractivity contribution in [2.45, 2.75) is 12.8 Å². The van der Waals surface area contributed by atoms with Gasteiger partial charge in [-0.25, -0.2) is 0 Å². The number of nitrogens with two attached hydrogens (primary N) is 1. The van der Waals surface area contributed by atoms with Gasteiger partial charge in [-0.3, -0.25) is 9.69 Å². The topological polar surface area (TPSA) is 58.4 Å². The van der Waals surface area contributed by atoms with Gasteiger partial charge in [0.15, 0.2) is 0 Å². The summed E-state index contributed by atoms with van der Waals surface area (Å²) in [5.74, 6) is 0.626. The lowest BCUT2D eigenvalue weighted by Gasteiger charge is -2.30. The minimum absolute atomic E-state index is 0.00784. The largest absolute Gasteiger partial charge is 0.330 e. The number of amides is 1. The monoisotopic (exact) mass is 281 g/mol. The number of piperidine rings is 1. The van der Waals surface area contributed by atoms with Crippen molar-refractivity contribution in [2.24, 2.45) is 11.7 Å². The summed E-state index contributed by atoms with van der Waals surface area (Å²) in [7, 11) is 0. The zero-order chi connectivity index (χ0) is 13.7. The van der Waals surface area contributed by atoms with E-state index in [4.69, 9.17) is 17.3 Å². The molecule has 0 aromatic heterocycles. The van der Waals surface area contributed by atoms with E-state index in [1.165, 1.54) is 0 Å². The van der Waals surface area contributed by atoms with E-state index in [2.05, 4.69) is 10.2 Å². The Hall–Kier alpha value is -1.10. The zero-order valence-corrected chi connectivity index (χ0v) is 11.7. The maximum atomic E-state index is 11.9. The Balaban J connectivity index is 1.79. The van der Waals surface area contributed by atoms with Gasteiger partial charge in [-0.05, 0) is 56.6 Å². The van der Waals surface area contributed by atoms with Gasteiger partial charge in [0.05, 0.1) is 6.54 Å². The number of anilines is 1. The minimum atomic E-state index is 0.00784. The first-order valence-electron chi connectivity index (χ1n) is 6.65. The molecular formula is C14H20ClN3O. The van der Waals surface area contributed by atoms with Crippen molar-refractivity contribution in [1.29, 1.82) is 0 Å². The van der Waals surface area contributed by atoms with Gasteiger partial charge in [0, 0.05) is 10.7 Å². The van der Waals surface area contributed by atoms with Crippen LogP contribution < -0.4 is 11.1 Å². The fourth-order valence-electron chi connectivity index (χ4n) is 2.35. The van der Waals surface area contributed by atoms with Gasteiger partial charge in [0.2, 0.25) is 5.91 Å². The molecule has 0 spiro atoms. The number of carbonyl (C=O) groups excluding carboxylic acids is 1. The standard InChI is InChI=1S/C14H20ClN3O/c15-12-2-1-3-13(8-12)17-14(19)10-18-6-4-11(9-16)5-7-18/h1-3,8,11H,4-7,9-10,16H2,(H,17,19). The van der Waals surface area contributed by atoms with Crippen LogP contribution in [0.5, 0.6) is 0 Å². The molecular weight excluding hydrogens is 262 g/mol. The highest BCUT2D eigenvalue weighted by molar-refractivity contribution is 6.30. The fraction of sp³-hybridized carbons (Fsp3) is 0.500. The summed E-state index contributed by atoms with van der Waals surface area (Å²) in [6.45, 7) is 3.09. The highest BCUT2D eigenvalue weighted by Gasteiger charge is 2.19. The van der Waals surface area contributed by atoms with Crippen LogP contribution >= 0.6 is 11.6 Å². The number of nitrogens with zero attached hydrogens (tertiary/aromatic N) is 1. The molecule has 1 aliphatic rings. The van der Waals surface area contributed by atoms with Crippen molar-refractivity contribution in [3.05, 3.63) is 29.3 Å². The summed E-state index contributed by atoms with van der Waals surface area (Å²) in [4.78, 5) is 14.1. The van der Waals surface area contributed by atoms with Crippen molar-refractivity contribution < 1.29 is 4.79 Å². The number of benzene rings is 1. The first kappa shape index (κ1) is 14.3. The van der Waals surface area contributed by atoms with Crippen molar-refractivity contribution in [1.82, 2.24) is 4.90 Å². The molecule has 0 bridgehead atoms. The molecule has 1 aromatic rings. The van der Waals surface area contributed by atoms with Gasteiger partial charge in [-0.2, -0.15) is 0 Å². The van der Waals surface area contributed by atoms with Crippen LogP contribution in [0.15, 0.2) is 24.3 Å². The van der Waals surface area contributed by atoms with Crippen LogP contribution in [-0.2, 0) is 4.79 Å². The highest BCUT2D eigenvalue weighted by Crippen LogP contribution is 2.17. The maximum Gasteiger partial charge on any atom is 0.238 e. The van der Waals surface area contributed by atoms with E-state index in [0.29, 0.717) is 17.5 Å². The van der Waals surface area contributed by atoms with Crippen LogP contribution in [-0.4, -0.2) is 37.0 Å². The summed E-state index contributed by atoms with van der Waals surface area (Å²) in [5.41, 5.74) is 6.40. The van der Waals surface area contributed by atoms with Crippen LogP contribution in [0.1, 0.15) is 12.8 Å². The normalized spacial score (nSPS) is 17.4. The van der Waals surface area contributed by atoms with Crippen LogP contribution in [0.4, 0.5) is 5.69 Å². The number of rotatable bonds is 4. The third kappa shape index (κ3) is 4.49.